The van der Waals surface area contributed by atoms with Gasteiger partial charge in [0, 0.05) is 18.0 Å². The van der Waals surface area contributed by atoms with Crippen LogP contribution >= 0.6 is 24.3 Å². The minimum atomic E-state index is -0.412. The highest BCUT2D eigenvalue weighted by atomic mass is 32.2. The van der Waals surface area contributed by atoms with Crippen molar-refractivity contribution in [2.24, 2.45) is 0 Å². The number of nitrogens with one attached hydrogen (secondary N) is 1. The first-order valence-corrected chi connectivity index (χ1v) is 9.00. The van der Waals surface area contributed by atoms with Crippen molar-refractivity contribution in [1.82, 2.24) is 5.32 Å². The SMILES string of the molecule is FSc1ccc(C(Oc2ccccc2SF)[C@@H]2CNCCO2)cc1. The molecule has 2 aromatic rings. The van der Waals surface area contributed by atoms with Gasteiger partial charge in [-0.1, -0.05) is 24.3 Å². The summed E-state index contributed by atoms with van der Waals surface area (Å²) in [4.78, 5) is 0.946. The maximum atomic E-state index is 13.1. The highest BCUT2D eigenvalue weighted by Crippen LogP contribution is 2.35. The Bertz CT molecular complexity index is 651. The molecule has 1 saturated heterocycles. The second kappa shape index (κ2) is 8.71. The summed E-state index contributed by atoms with van der Waals surface area (Å²) < 4.78 is 37.7. The standard InChI is InChI=1S/C17H17F2NO2S2/c18-23-13-7-5-12(6-8-13)17(15-11-20-9-10-21-15)22-14-3-1-2-4-16(14)24-19/h1-8,15,17,20H,9-11H2/t15-,17?/m0/s1. The summed E-state index contributed by atoms with van der Waals surface area (Å²) in [7, 11) is 0. The molecule has 24 heavy (non-hydrogen) atoms. The third-order valence-electron chi connectivity index (χ3n) is 3.78. The van der Waals surface area contributed by atoms with Gasteiger partial charge in [-0.15, -0.1) is 0 Å². The fraction of sp³-hybridized carbons (Fsp3) is 0.294. The average Bonchev–Trinajstić information content (AvgIpc) is 2.67. The largest absolute Gasteiger partial charge is 0.482 e. The molecule has 0 bridgehead atoms. The number of rotatable bonds is 6. The lowest BCUT2D eigenvalue weighted by atomic mass is 10.0. The van der Waals surface area contributed by atoms with Gasteiger partial charge in [0.1, 0.15) is 11.9 Å². The first-order chi connectivity index (χ1) is 11.8. The van der Waals surface area contributed by atoms with Crippen molar-refractivity contribution >= 4 is 24.3 Å². The number of halogens is 2. The molecule has 3 nitrogen and oxygen atoms in total. The Kier molecular flexibility index (Phi) is 6.37. The Balaban J connectivity index is 1.88. The van der Waals surface area contributed by atoms with Gasteiger partial charge >= 0.3 is 0 Å². The van der Waals surface area contributed by atoms with Gasteiger partial charge in [0.05, 0.1) is 35.8 Å². The number of morpholine rings is 1. The molecular weight excluding hydrogens is 352 g/mol. The second-order valence-corrected chi connectivity index (χ2v) is 6.54. The summed E-state index contributed by atoms with van der Waals surface area (Å²) in [5, 5.41) is 3.27. The van der Waals surface area contributed by atoms with Crippen LogP contribution in [0.15, 0.2) is 58.3 Å². The van der Waals surface area contributed by atoms with Crippen LogP contribution in [0.25, 0.3) is 0 Å². The van der Waals surface area contributed by atoms with Crippen LogP contribution in [0.1, 0.15) is 11.7 Å². The molecule has 0 spiro atoms. The van der Waals surface area contributed by atoms with Crippen LogP contribution in [0.2, 0.25) is 0 Å². The molecule has 7 heteroatoms. The molecule has 1 aliphatic heterocycles. The number of para-hydroxylation sites is 1. The zero-order chi connectivity index (χ0) is 16.8. The summed E-state index contributed by atoms with van der Waals surface area (Å²) >= 11 is 0.348. The van der Waals surface area contributed by atoms with Crippen LogP contribution < -0.4 is 10.1 Å². The Morgan fingerprint density at radius 1 is 1.08 bits per heavy atom. The number of hydrogen-bond donors (Lipinski definition) is 1. The van der Waals surface area contributed by atoms with Crippen LogP contribution in [0.5, 0.6) is 5.75 Å². The van der Waals surface area contributed by atoms with Crippen molar-refractivity contribution in [3.8, 4) is 5.75 Å². The van der Waals surface area contributed by atoms with Gasteiger partial charge < -0.3 is 14.8 Å². The summed E-state index contributed by atoms with van der Waals surface area (Å²) in [6, 6.07) is 14.0. The summed E-state index contributed by atoms with van der Waals surface area (Å²) in [6.07, 6.45) is -0.620. The molecule has 0 amide bonds. The van der Waals surface area contributed by atoms with Gasteiger partial charge in [-0.3, -0.25) is 0 Å². The van der Waals surface area contributed by atoms with E-state index in [2.05, 4.69) is 5.32 Å². The molecule has 0 aliphatic carbocycles. The minimum absolute atomic E-state index is 0.151. The van der Waals surface area contributed by atoms with Gasteiger partial charge in [0.2, 0.25) is 0 Å². The molecule has 0 aromatic heterocycles. The van der Waals surface area contributed by atoms with E-state index in [1.54, 1.807) is 36.4 Å². The van der Waals surface area contributed by atoms with Crippen molar-refractivity contribution < 1.29 is 17.2 Å². The van der Waals surface area contributed by atoms with E-state index in [9.17, 15) is 7.77 Å². The minimum Gasteiger partial charge on any atom is -0.482 e. The van der Waals surface area contributed by atoms with Crippen molar-refractivity contribution in [3.05, 3.63) is 54.1 Å². The first kappa shape index (κ1) is 17.5. The highest BCUT2D eigenvalue weighted by Gasteiger charge is 2.28. The fourth-order valence-electron chi connectivity index (χ4n) is 2.60. The Hall–Kier alpha value is -1.28. The molecule has 1 heterocycles. The van der Waals surface area contributed by atoms with Crippen LogP contribution in [-0.2, 0) is 4.74 Å². The van der Waals surface area contributed by atoms with Gasteiger partial charge in [0.15, 0.2) is 6.10 Å². The predicted octanol–water partition coefficient (Wildman–Crippen LogP) is 4.75. The van der Waals surface area contributed by atoms with Gasteiger partial charge in [0.25, 0.3) is 0 Å². The quantitative estimate of drug-likeness (QED) is 0.794. The molecule has 0 saturated carbocycles. The van der Waals surface area contributed by atoms with E-state index in [0.717, 1.165) is 12.1 Å². The normalized spacial score (nSPS) is 19.0. The highest BCUT2D eigenvalue weighted by molar-refractivity contribution is 7.94. The molecule has 128 valence electrons. The second-order valence-electron chi connectivity index (χ2n) is 5.32. The molecule has 0 radical (unpaired) electrons. The molecule has 2 atom stereocenters. The number of hydrogen-bond acceptors (Lipinski definition) is 5. The van der Waals surface area contributed by atoms with Crippen molar-refractivity contribution in [1.29, 1.82) is 0 Å². The third-order valence-corrected chi connectivity index (χ3v) is 4.73. The molecule has 1 N–H and O–H groups in total. The van der Waals surface area contributed by atoms with E-state index in [-0.39, 0.29) is 30.4 Å². The fourth-order valence-corrected chi connectivity index (χ4v) is 3.16. The number of ether oxygens (including phenoxy) is 2. The van der Waals surface area contributed by atoms with Crippen molar-refractivity contribution in [3.63, 3.8) is 0 Å². The van der Waals surface area contributed by atoms with Crippen LogP contribution in [0.4, 0.5) is 7.77 Å². The average molecular weight is 369 g/mol. The maximum absolute atomic E-state index is 13.1. The van der Waals surface area contributed by atoms with Crippen LogP contribution in [-0.4, -0.2) is 25.8 Å². The molecule has 1 fully saturated rings. The van der Waals surface area contributed by atoms with Crippen LogP contribution in [0, 0.1) is 0 Å². The van der Waals surface area contributed by atoms with E-state index in [4.69, 9.17) is 9.47 Å². The monoisotopic (exact) mass is 369 g/mol. The van der Waals surface area contributed by atoms with Crippen molar-refractivity contribution in [2.75, 3.05) is 19.7 Å². The Morgan fingerprint density at radius 3 is 2.54 bits per heavy atom. The van der Waals surface area contributed by atoms with Gasteiger partial charge in [-0.25, -0.2) is 0 Å². The van der Waals surface area contributed by atoms with Crippen LogP contribution in [0.3, 0.4) is 0 Å². The zero-order valence-corrected chi connectivity index (χ0v) is 14.4. The van der Waals surface area contributed by atoms with Gasteiger partial charge in [-0.05, 0) is 29.8 Å². The molecular formula is C17H17F2NO2S2. The van der Waals surface area contributed by atoms with E-state index in [1.807, 2.05) is 12.1 Å². The Labute approximate surface area is 148 Å². The maximum Gasteiger partial charge on any atom is 0.151 e. The van der Waals surface area contributed by atoms with E-state index < -0.39 is 6.10 Å². The molecule has 1 aliphatic rings. The lowest BCUT2D eigenvalue weighted by molar-refractivity contribution is -0.0440. The summed E-state index contributed by atoms with van der Waals surface area (Å²) in [5.74, 6) is 0.466. The smallest absolute Gasteiger partial charge is 0.151 e. The third kappa shape index (κ3) is 4.22. The van der Waals surface area contributed by atoms with E-state index in [1.165, 1.54) is 0 Å². The summed E-state index contributed by atoms with van der Waals surface area (Å²) in [5.41, 5.74) is 0.861. The summed E-state index contributed by atoms with van der Waals surface area (Å²) in [6.45, 7) is 2.01. The number of benzene rings is 2. The predicted molar refractivity (Wildman–Crippen MR) is 92.8 cm³/mol. The molecule has 3 rings (SSSR count). The zero-order valence-electron chi connectivity index (χ0n) is 12.8. The molecule has 1 unspecified atom stereocenters. The van der Waals surface area contributed by atoms with E-state index in [0.29, 0.717) is 28.7 Å². The van der Waals surface area contributed by atoms with Gasteiger partial charge in [-0.2, -0.15) is 7.77 Å². The van der Waals surface area contributed by atoms with E-state index >= 15 is 0 Å². The first-order valence-electron chi connectivity index (χ1n) is 7.57. The lowest BCUT2D eigenvalue weighted by Crippen LogP contribution is -2.43. The Morgan fingerprint density at radius 2 is 1.88 bits per heavy atom. The van der Waals surface area contributed by atoms with Crippen molar-refractivity contribution in [2.45, 2.75) is 22.0 Å². The lowest BCUT2D eigenvalue weighted by Gasteiger charge is -2.32. The topological polar surface area (TPSA) is 30.5 Å². The molecule has 2 aromatic carbocycles.